The zero-order valence-electron chi connectivity index (χ0n) is 10.4. The van der Waals surface area contributed by atoms with Gasteiger partial charge < -0.3 is 10.4 Å². The summed E-state index contributed by atoms with van der Waals surface area (Å²) in [6, 6.07) is 6.18. The number of phenols is 1. The number of amides is 1. The summed E-state index contributed by atoms with van der Waals surface area (Å²) < 4.78 is 26.7. The molecular weight excluding hydrogens is 332 g/mol. The molecule has 0 bridgehead atoms. The molecule has 0 aromatic heterocycles. The van der Waals surface area contributed by atoms with E-state index < -0.39 is 17.5 Å². The Morgan fingerprint density at radius 3 is 2.65 bits per heavy atom. The van der Waals surface area contributed by atoms with Crippen LogP contribution in [0.4, 0.5) is 14.5 Å². The molecular formula is C14H10BrF2NO2. The third-order valence-corrected chi connectivity index (χ3v) is 3.42. The van der Waals surface area contributed by atoms with Gasteiger partial charge in [-0.15, -0.1) is 0 Å². The van der Waals surface area contributed by atoms with Crippen LogP contribution < -0.4 is 5.32 Å². The molecule has 0 heterocycles. The van der Waals surface area contributed by atoms with E-state index in [-0.39, 0.29) is 21.5 Å². The number of carbonyl (C=O) groups excluding carboxylic acids is 1. The maximum absolute atomic E-state index is 13.6. The lowest BCUT2D eigenvalue weighted by Gasteiger charge is -2.11. The van der Waals surface area contributed by atoms with Crippen molar-refractivity contribution in [3.63, 3.8) is 0 Å². The van der Waals surface area contributed by atoms with Crippen LogP contribution in [0.15, 0.2) is 34.8 Å². The van der Waals surface area contributed by atoms with Crippen LogP contribution in [-0.2, 0) is 0 Å². The van der Waals surface area contributed by atoms with Gasteiger partial charge in [0.05, 0.1) is 5.69 Å². The van der Waals surface area contributed by atoms with E-state index in [9.17, 15) is 18.7 Å². The van der Waals surface area contributed by atoms with E-state index in [4.69, 9.17) is 0 Å². The van der Waals surface area contributed by atoms with Gasteiger partial charge >= 0.3 is 0 Å². The fraction of sp³-hybridized carbons (Fsp3) is 0.0714. The van der Waals surface area contributed by atoms with Crippen molar-refractivity contribution in [2.24, 2.45) is 0 Å². The van der Waals surface area contributed by atoms with Gasteiger partial charge in [-0.3, -0.25) is 4.79 Å². The predicted molar refractivity (Wildman–Crippen MR) is 74.9 cm³/mol. The molecule has 0 saturated heterocycles. The van der Waals surface area contributed by atoms with Crippen molar-refractivity contribution in [1.29, 1.82) is 0 Å². The summed E-state index contributed by atoms with van der Waals surface area (Å²) in [4.78, 5) is 12.1. The van der Waals surface area contributed by atoms with Crippen molar-refractivity contribution < 1.29 is 18.7 Å². The average molecular weight is 342 g/mol. The lowest BCUT2D eigenvalue weighted by Crippen LogP contribution is -2.15. The van der Waals surface area contributed by atoms with Crippen LogP contribution in [-0.4, -0.2) is 11.0 Å². The van der Waals surface area contributed by atoms with E-state index in [0.717, 1.165) is 6.07 Å². The Hall–Kier alpha value is -1.95. The molecule has 0 aliphatic rings. The Kier molecular flexibility index (Phi) is 4.04. The smallest absolute Gasteiger partial charge is 0.256 e. The second kappa shape index (κ2) is 5.58. The minimum absolute atomic E-state index is 0.0312. The van der Waals surface area contributed by atoms with E-state index >= 15 is 0 Å². The fourth-order valence-corrected chi connectivity index (χ4v) is 2.22. The van der Waals surface area contributed by atoms with Gasteiger partial charge in [0, 0.05) is 21.7 Å². The highest BCUT2D eigenvalue weighted by molar-refractivity contribution is 9.10. The van der Waals surface area contributed by atoms with E-state index in [0.29, 0.717) is 11.6 Å². The highest BCUT2D eigenvalue weighted by atomic mass is 79.9. The van der Waals surface area contributed by atoms with Crippen LogP contribution in [0.1, 0.15) is 15.9 Å². The number of hydrogen-bond acceptors (Lipinski definition) is 2. The second-order valence-corrected chi connectivity index (χ2v) is 5.00. The van der Waals surface area contributed by atoms with Crippen molar-refractivity contribution in [1.82, 2.24) is 0 Å². The Morgan fingerprint density at radius 2 is 2.00 bits per heavy atom. The first-order chi connectivity index (χ1) is 9.40. The van der Waals surface area contributed by atoms with E-state index in [1.54, 1.807) is 6.92 Å². The summed E-state index contributed by atoms with van der Waals surface area (Å²) in [6.45, 7) is 1.57. The van der Waals surface area contributed by atoms with Gasteiger partial charge in [0.15, 0.2) is 5.82 Å². The van der Waals surface area contributed by atoms with Crippen LogP contribution in [0.5, 0.6) is 5.75 Å². The molecule has 0 fully saturated rings. The van der Waals surface area contributed by atoms with Crippen LogP contribution in [0.3, 0.4) is 0 Å². The minimum Gasteiger partial charge on any atom is -0.508 e. The summed E-state index contributed by atoms with van der Waals surface area (Å²) in [5.74, 6) is -2.26. The summed E-state index contributed by atoms with van der Waals surface area (Å²) in [6.07, 6.45) is 0. The fourth-order valence-electron chi connectivity index (χ4n) is 1.71. The first-order valence-electron chi connectivity index (χ1n) is 5.64. The lowest BCUT2D eigenvalue weighted by molar-refractivity contribution is 0.102. The van der Waals surface area contributed by atoms with Crippen LogP contribution >= 0.6 is 15.9 Å². The van der Waals surface area contributed by atoms with Gasteiger partial charge in [-0.05, 0) is 41.1 Å². The zero-order valence-corrected chi connectivity index (χ0v) is 12.0. The summed E-state index contributed by atoms with van der Waals surface area (Å²) in [5, 5.41) is 11.9. The third kappa shape index (κ3) is 2.80. The monoisotopic (exact) mass is 341 g/mol. The molecule has 3 nitrogen and oxygen atoms in total. The molecule has 0 aliphatic carbocycles. The van der Waals surface area contributed by atoms with Crippen molar-refractivity contribution in [2.75, 3.05) is 5.32 Å². The molecule has 1 amide bonds. The van der Waals surface area contributed by atoms with Crippen molar-refractivity contribution in [3.05, 3.63) is 57.6 Å². The van der Waals surface area contributed by atoms with E-state index in [2.05, 4.69) is 21.2 Å². The van der Waals surface area contributed by atoms with Crippen LogP contribution in [0.2, 0.25) is 0 Å². The van der Waals surface area contributed by atoms with Gasteiger partial charge in [0.1, 0.15) is 11.6 Å². The van der Waals surface area contributed by atoms with Crippen molar-refractivity contribution >= 4 is 27.5 Å². The Balaban J connectivity index is 2.36. The standard InChI is InChI=1S/C14H10BrF2NO2/c1-7-9(3-2-4-12(7)19)14(20)18-13-10(15)5-8(16)6-11(13)17/h2-6,19H,1H3,(H,18,20). The number of nitrogens with one attached hydrogen (secondary N) is 1. The molecule has 2 N–H and O–H groups in total. The van der Waals surface area contributed by atoms with Crippen LogP contribution in [0, 0.1) is 18.6 Å². The number of benzene rings is 2. The van der Waals surface area contributed by atoms with Gasteiger partial charge in [0.2, 0.25) is 0 Å². The molecule has 2 rings (SSSR count). The number of aromatic hydroxyl groups is 1. The minimum atomic E-state index is -0.886. The molecule has 0 unspecified atom stereocenters. The number of rotatable bonds is 2. The first kappa shape index (κ1) is 14.5. The normalized spacial score (nSPS) is 10.4. The van der Waals surface area contributed by atoms with Gasteiger partial charge in [0.25, 0.3) is 5.91 Å². The summed E-state index contributed by atoms with van der Waals surface area (Å²) in [5.41, 5.74) is 0.434. The van der Waals surface area contributed by atoms with Gasteiger partial charge in [-0.25, -0.2) is 8.78 Å². The summed E-state index contributed by atoms with van der Waals surface area (Å²) >= 11 is 2.99. The maximum Gasteiger partial charge on any atom is 0.256 e. The Bertz CT molecular complexity index is 666. The molecule has 6 heteroatoms. The molecule has 0 spiro atoms. The Labute approximate surface area is 122 Å². The SMILES string of the molecule is Cc1c(O)cccc1C(=O)Nc1c(F)cc(F)cc1Br. The third-order valence-electron chi connectivity index (χ3n) is 2.80. The molecule has 2 aromatic rings. The largest absolute Gasteiger partial charge is 0.508 e. The second-order valence-electron chi connectivity index (χ2n) is 4.15. The van der Waals surface area contributed by atoms with E-state index in [1.165, 1.54) is 18.2 Å². The molecule has 0 atom stereocenters. The highest BCUT2D eigenvalue weighted by Crippen LogP contribution is 2.28. The average Bonchev–Trinajstić information content (AvgIpc) is 2.36. The molecule has 0 aliphatic heterocycles. The summed E-state index contributed by atoms with van der Waals surface area (Å²) in [7, 11) is 0. The molecule has 104 valence electrons. The van der Waals surface area contributed by atoms with Gasteiger partial charge in [-0.2, -0.15) is 0 Å². The number of carbonyl (C=O) groups is 1. The van der Waals surface area contributed by atoms with Crippen molar-refractivity contribution in [2.45, 2.75) is 6.92 Å². The zero-order chi connectivity index (χ0) is 14.9. The Morgan fingerprint density at radius 1 is 1.30 bits per heavy atom. The molecule has 0 saturated carbocycles. The van der Waals surface area contributed by atoms with Gasteiger partial charge in [-0.1, -0.05) is 6.07 Å². The highest BCUT2D eigenvalue weighted by Gasteiger charge is 2.16. The first-order valence-corrected chi connectivity index (χ1v) is 6.44. The molecule has 0 radical (unpaired) electrons. The quantitative estimate of drug-likeness (QED) is 0.867. The predicted octanol–water partition coefficient (Wildman–Crippen LogP) is 3.99. The number of hydrogen-bond donors (Lipinski definition) is 2. The number of anilines is 1. The van der Waals surface area contributed by atoms with E-state index in [1.807, 2.05) is 0 Å². The number of phenolic OH excluding ortho intramolecular Hbond substituents is 1. The number of halogens is 3. The topological polar surface area (TPSA) is 49.3 Å². The molecule has 20 heavy (non-hydrogen) atoms. The molecule has 2 aromatic carbocycles. The maximum atomic E-state index is 13.6. The lowest BCUT2D eigenvalue weighted by atomic mass is 10.1. The van der Waals surface area contributed by atoms with Crippen molar-refractivity contribution in [3.8, 4) is 5.75 Å². The van der Waals surface area contributed by atoms with Crippen LogP contribution in [0.25, 0.3) is 0 Å².